The minimum absolute atomic E-state index is 0.196. The van der Waals surface area contributed by atoms with Gasteiger partial charge in [0, 0.05) is 16.3 Å². The number of carbonyl (C=O) groups excluding carboxylic acids is 1. The first-order chi connectivity index (χ1) is 11.6. The summed E-state index contributed by atoms with van der Waals surface area (Å²) in [6, 6.07) is 21.0. The Morgan fingerprint density at radius 3 is 2.25 bits per heavy atom. The summed E-state index contributed by atoms with van der Waals surface area (Å²) in [5.74, 6) is 0.928. The van der Waals surface area contributed by atoms with E-state index in [1.54, 1.807) is 54.6 Å². The van der Waals surface area contributed by atoms with Gasteiger partial charge in [-0.2, -0.15) is 0 Å². The van der Waals surface area contributed by atoms with Crippen molar-refractivity contribution in [3.63, 3.8) is 0 Å². The molecule has 1 N–H and O–H groups in total. The number of hydrogen-bond acceptors (Lipinski definition) is 2. The third-order valence-electron chi connectivity index (χ3n) is 3.27. The van der Waals surface area contributed by atoms with Crippen LogP contribution in [0.15, 0.2) is 72.8 Å². The molecular weight excluding hydrogens is 345 g/mol. The van der Waals surface area contributed by atoms with Crippen molar-refractivity contribution in [2.45, 2.75) is 0 Å². The maximum atomic E-state index is 12.1. The van der Waals surface area contributed by atoms with Gasteiger partial charge in [-0.3, -0.25) is 4.79 Å². The Hall–Kier alpha value is -2.49. The Kier molecular flexibility index (Phi) is 5.04. The fourth-order valence-electron chi connectivity index (χ4n) is 2.08. The van der Waals surface area contributed by atoms with E-state index in [9.17, 15) is 4.79 Å². The van der Waals surface area contributed by atoms with E-state index < -0.39 is 0 Å². The Morgan fingerprint density at radius 2 is 1.58 bits per heavy atom. The second-order valence-corrected chi connectivity index (χ2v) is 5.86. The summed E-state index contributed by atoms with van der Waals surface area (Å²) in [6.07, 6.45) is 0. The average molecular weight is 358 g/mol. The van der Waals surface area contributed by atoms with Crippen LogP contribution >= 0.6 is 23.2 Å². The van der Waals surface area contributed by atoms with E-state index in [0.717, 1.165) is 0 Å². The Balaban J connectivity index is 1.72. The maximum absolute atomic E-state index is 12.1. The highest BCUT2D eigenvalue weighted by Gasteiger charge is 2.08. The normalized spacial score (nSPS) is 10.2. The molecule has 0 unspecified atom stereocenters. The second kappa shape index (κ2) is 7.39. The van der Waals surface area contributed by atoms with E-state index in [2.05, 4.69) is 5.32 Å². The summed E-state index contributed by atoms with van der Waals surface area (Å²) in [5.41, 5.74) is 1.17. The quantitative estimate of drug-likeness (QED) is 0.618. The fraction of sp³-hybridized carbons (Fsp3) is 0. The number of rotatable bonds is 4. The molecule has 3 aromatic rings. The van der Waals surface area contributed by atoms with E-state index in [-0.39, 0.29) is 5.91 Å². The minimum atomic E-state index is -0.196. The van der Waals surface area contributed by atoms with Crippen molar-refractivity contribution in [3.05, 3.63) is 88.4 Å². The van der Waals surface area contributed by atoms with Crippen molar-refractivity contribution in [1.29, 1.82) is 0 Å². The molecule has 0 aliphatic heterocycles. The molecule has 0 heterocycles. The van der Waals surface area contributed by atoms with Crippen LogP contribution in [0.1, 0.15) is 10.4 Å². The largest absolute Gasteiger partial charge is 0.456 e. The molecule has 3 nitrogen and oxygen atoms in total. The van der Waals surface area contributed by atoms with Crippen molar-refractivity contribution < 1.29 is 9.53 Å². The fourth-order valence-corrected chi connectivity index (χ4v) is 2.43. The van der Waals surface area contributed by atoms with Gasteiger partial charge in [0.2, 0.25) is 0 Å². The Bertz CT molecular complexity index is 849. The van der Waals surface area contributed by atoms with Gasteiger partial charge in [0.25, 0.3) is 5.91 Å². The van der Waals surface area contributed by atoms with Gasteiger partial charge in [0.1, 0.15) is 11.5 Å². The average Bonchev–Trinajstić information content (AvgIpc) is 2.60. The first kappa shape index (κ1) is 16.4. The van der Waals surface area contributed by atoms with E-state index in [1.807, 2.05) is 18.2 Å². The number of halogens is 2. The minimum Gasteiger partial charge on any atom is -0.456 e. The van der Waals surface area contributed by atoms with Crippen LogP contribution in [0.5, 0.6) is 11.5 Å². The van der Waals surface area contributed by atoms with Gasteiger partial charge in [0.15, 0.2) is 0 Å². The Labute approximate surface area is 149 Å². The molecule has 0 aliphatic rings. The van der Waals surface area contributed by atoms with Crippen LogP contribution in [0.25, 0.3) is 0 Å². The molecule has 0 aromatic heterocycles. The molecule has 0 bridgehead atoms. The molecule has 0 aliphatic carbocycles. The zero-order chi connectivity index (χ0) is 16.9. The maximum Gasteiger partial charge on any atom is 0.255 e. The lowest BCUT2D eigenvalue weighted by atomic mass is 10.2. The van der Waals surface area contributed by atoms with Crippen LogP contribution in [-0.4, -0.2) is 5.91 Å². The lowest BCUT2D eigenvalue weighted by Gasteiger charge is -2.10. The van der Waals surface area contributed by atoms with Crippen molar-refractivity contribution in [2.75, 3.05) is 5.32 Å². The molecule has 0 fully saturated rings. The highest BCUT2D eigenvalue weighted by atomic mass is 35.5. The van der Waals surface area contributed by atoms with E-state index >= 15 is 0 Å². The topological polar surface area (TPSA) is 38.3 Å². The van der Waals surface area contributed by atoms with Crippen LogP contribution < -0.4 is 10.1 Å². The first-order valence-electron chi connectivity index (χ1n) is 7.21. The van der Waals surface area contributed by atoms with Crippen LogP contribution in [0.2, 0.25) is 10.0 Å². The van der Waals surface area contributed by atoms with Gasteiger partial charge in [-0.1, -0.05) is 41.4 Å². The van der Waals surface area contributed by atoms with Crippen LogP contribution in [0, 0.1) is 0 Å². The summed E-state index contributed by atoms with van der Waals surface area (Å²) < 4.78 is 5.71. The van der Waals surface area contributed by atoms with Gasteiger partial charge in [0.05, 0.1) is 5.02 Å². The van der Waals surface area contributed by atoms with E-state index in [1.165, 1.54) is 0 Å². The molecule has 0 radical (unpaired) electrons. The molecular formula is C19H13Cl2NO2. The number of nitrogens with one attached hydrogen (secondary N) is 1. The zero-order valence-electron chi connectivity index (χ0n) is 12.5. The molecule has 3 rings (SSSR count). The smallest absolute Gasteiger partial charge is 0.255 e. The highest BCUT2D eigenvalue weighted by Crippen LogP contribution is 2.32. The SMILES string of the molecule is O=C(Nc1ccc(Oc2ccc(Cl)cc2)c(Cl)c1)c1ccccc1. The zero-order valence-corrected chi connectivity index (χ0v) is 14.0. The van der Waals surface area contributed by atoms with E-state index in [0.29, 0.717) is 32.8 Å². The Morgan fingerprint density at radius 1 is 0.875 bits per heavy atom. The lowest BCUT2D eigenvalue weighted by molar-refractivity contribution is 0.102. The number of hydrogen-bond donors (Lipinski definition) is 1. The van der Waals surface area contributed by atoms with Crippen molar-refractivity contribution in [2.24, 2.45) is 0 Å². The molecule has 0 atom stereocenters. The van der Waals surface area contributed by atoms with Gasteiger partial charge < -0.3 is 10.1 Å². The van der Waals surface area contributed by atoms with E-state index in [4.69, 9.17) is 27.9 Å². The number of ether oxygens (including phenoxy) is 1. The number of anilines is 1. The predicted octanol–water partition coefficient (Wildman–Crippen LogP) is 6.04. The molecule has 0 saturated heterocycles. The van der Waals surface area contributed by atoms with Gasteiger partial charge in [-0.15, -0.1) is 0 Å². The van der Waals surface area contributed by atoms with Crippen LogP contribution in [0.3, 0.4) is 0 Å². The molecule has 0 saturated carbocycles. The molecule has 5 heteroatoms. The van der Waals surface area contributed by atoms with Gasteiger partial charge >= 0.3 is 0 Å². The summed E-state index contributed by atoms with van der Waals surface area (Å²) in [5, 5.41) is 3.83. The molecule has 24 heavy (non-hydrogen) atoms. The number of benzene rings is 3. The van der Waals surface area contributed by atoms with Gasteiger partial charge in [-0.05, 0) is 54.6 Å². The predicted molar refractivity (Wildman–Crippen MR) is 97.4 cm³/mol. The lowest BCUT2D eigenvalue weighted by Crippen LogP contribution is -2.11. The van der Waals surface area contributed by atoms with Crippen LogP contribution in [-0.2, 0) is 0 Å². The summed E-state index contributed by atoms with van der Waals surface area (Å²) in [4.78, 5) is 12.1. The van der Waals surface area contributed by atoms with Crippen molar-refractivity contribution >= 4 is 34.8 Å². The van der Waals surface area contributed by atoms with Crippen molar-refractivity contribution in [1.82, 2.24) is 0 Å². The summed E-state index contributed by atoms with van der Waals surface area (Å²) in [7, 11) is 0. The van der Waals surface area contributed by atoms with Gasteiger partial charge in [-0.25, -0.2) is 0 Å². The number of carbonyl (C=O) groups is 1. The number of amides is 1. The van der Waals surface area contributed by atoms with Crippen LogP contribution in [0.4, 0.5) is 5.69 Å². The monoisotopic (exact) mass is 357 g/mol. The molecule has 1 amide bonds. The third kappa shape index (κ3) is 4.07. The van der Waals surface area contributed by atoms with Crippen molar-refractivity contribution in [3.8, 4) is 11.5 Å². The highest BCUT2D eigenvalue weighted by molar-refractivity contribution is 6.32. The molecule has 3 aromatic carbocycles. The third-order valence-corrected chi connectivity index (χ3v) is 3.81. The first-order valence-corrected chi connectivity index (χ1v) is 7.97. The molecule has 0 spiro atoms. The summed E-state index contributed by atoms with van der Waals surface area (Å²) in [6.45, 7) is 0. The summed E-state index contributed by atoms with van der Waals surface area (Å²) >= 11 is 12.1. The molecule has 120 valence electrons. The standard InChI is InChI=1S/C19H13Cl2NO2/c20-14-6-9-16(10-7-14)24-18-11-8-15(12-17(18)21)22-19(23)13-4-2-1-3-5-13/h1-12H,(H,22,23). The second-order valence-electron chi connectivity index (χ2n) is 5.02.